The maximum absolute atomic E-state index is 13.3. The number of hydrogen-bond acceptors (Lipinski definition) is 10. The molecule has 0 aliphatic carbocycles. The summed E-state index contributed by atoms with van der Waals surface area (Å²) in [7, 11) is -7.25. The zero-order valence-electron chi connectivity index (χ0n) is 22.6. The fourth-order valence-corrected chi connectivity index (χ4v) is 7.88. The lowest BCUT2D eigenvalue weighted by atomic mass is 9.88. The third-order valence-electron chi connectivity index (χ3n) is 7.67. The molecule has 0 bridgehead atoms. The third kappa shape index (κ3) is 6.88. The van der Waals surface area contributed by atoms with Gasteiger partial charge in [0, 0.05) is 37.3 Å². The summed E-state index contributed by atoms with van der Waals surface area (Å²) in [6.45, 7) is 0.930. The molecular formula is C28H35N3O8S2. The van der Waals surface area contributed by atoms with Crippen molar-refractivity contribution in [1.29, 1.82) is 0 Å². The molecule has 1 aromatic heterocycles. The summed E-state index contributed by atoms with van der Waals surface area (Å²) < 4.78 is 64.2. The molecule has 0 unspecified atom stereocenters. The van der Waals surface area contributed by atoms with Crippen molar-refractivity contribution in [2.45, 2.75) is 46.8 Å². The molecule has 2 fully saturated rings. The number of benzene rings is 2. The minimum absolute atomic E-state index is 0.00585. The Balaban J connectivity index is 1.09. The number of aliphatic hydroxyl groups is 2. The van der Waals surface area contributed by atoms with Gasteiger partial charge in [0.15, 0.2) is 9.84 Å². The topological polar surface area (TPSA) is 155 Å². The van der Waals surface area contributed by atoms with E-state index in [1.54, 1.807) is 36.5 Å². The number of hydrogen-bond donors (Lipinski definition) is 3. The molecule has 0 radical (unpaired) electrons. The van der Waals surface area contributed by atoms with Gasteiger partial charge in [-0.25, -0.2) is 16.8 Å². The van der Waals surface area contributed by atoms with Crippen LogP contribution in [0.25, 0.3) is 10.9 Å². The molecule has 2 aliphatic heterocycles. The van der Waals surface area contributed by atoms with Gasteiger partial charge in [-0.2, -0.15) is 4.31 Å². The second kappa shape index (κ2) is 12.3. The number of sulfonamides is 1. The second-order valence-corrected chi connectivity index (χ2v) is 14.6. The molecule has 13 heteroatoms. The Morgan fingerprint density at radius 3 is 2.66 bits per heavy atom. The summed E-state index contributed by atoms with van der Waals surface area (Å²) in [4.78, 5) is 4.57. The first-order chi connectivity index (χ1) is 19.6. The molecule has 2 aliphatic rings. The van der Waals surface area contributed by atoms with Gasteiger partial charge in [-0.3, -0.25) is 4.98 Å². The van der Waals surface area contributed by atoms with Gasteiger partial charge in [-0.05, 0) is 55.7 Å². The first-order valence-corrected chi connectivity index (χ1v) is 16.7. The van der Waals surface area contributed by atoms with Crippen LogP contribution in [-0.4, -0.2) is 99.3 Å². The van der Waals surface area contributed by atoms with Gasteiger partial charge < -0.3 is 25.0 Å². The summed E-state index contributed by atoms with van der Waals surface area (Å²) in [6, 6.07) is 14.7. The van der Waals surface area contributed by atoms with E-state index in [1.807, 2.05) is 12.1 Å². The maximum atomic E-state index is 13.3. The smallest absolute Gasteiger partial charge is 0.243 e. The van der Waals surface area contributed by atoms with E-state index in [9.17, 15) is 21.9 Å². The molecule has 2 saturated heterocycles. The van der Waals surface area contributed by atoms with Crippen LogP contribution in [0.2, 0.25) is 0 Å². The molecule has 2 atom stereocenters. The standard InChI is InChI=1S/C28H35N3O8S2/c32-13-14-40(34,35)25-5-1-4-24(15-25)38-20-23(33)18-30-22-17-28(39-19-22)8-11-31(12-9-28)41(36,37)26-7-6-21-3-2-10-29-27(21)16-26/h1-7,10,15-16,22-23,30,32-33H,8-9,11-14,17-20H2/t22-,23+/m1/s1. The minimum atomic E-state index is -3.65. The van der Waals surface area contributed by atoms with E-state index in [2.05, 4.69) is 10.3 Å². The third-order valence-corrected chi connectivity index (χ3v) is 11.3. The van der Waals surface area contributed by atoms with Crippen molar-refractivity contribution in [3.05, 3.63) is 60.8 Å². The fraction of sp³-hybridized carbons (Fsp3) is 0.464. The van der Waals surface area contributed by atoms with Crippen LogP contribution in [0.3, 0.4) is 0 Å². The number of nitrogens with one attached hydrogen (secondary N) is 1. The molecule has 3 heterocycles. The number of aliphatic hydroxyl groups excluding tert-OH is 2. The molecular weight excluding hydrogens is 570 g/mol. The van der Waals surface area contributed by atoms with E-state index < -0.39 is 38.2 Å². The molecule has 2 aromatic carbocycles. The van der Waals surface area contributed by atoms with Gasteiger partial charge in [0.25, 0.3) is 0 Å². The van der Waals surface area contributed by atoms with E-state index in [0.29, 0.717) is 50.2 Å². The number of pyridine rings is 1. The Morgan fingerprint density at radius 2 is 1.88 bits per heavy atom. The van der Waals surface area contributed by atoms with Crippen LogP contribution in [0, 0.1) is 0 Å². The van der Waals surface area contributed by atoms with Gasteiger partial charge in [0.1, 0.15) is 18.5 Å². The Labute approximate surface area is 240 Å². The zero-order valence-corrected chi connectivity index (χ0v) is 24.2. The summed E-state index contributed by atoms with van der Waals surface area (Å²) in [5.41, 5.74) is 0.235. The molecule has 11 nitrogen and oxygen atoms in total. The van der Waals surface area contributed by atoms with Crippen molar-refractivity contribution in [1.82, 2.24) is 14.6 Å². The summed E-state index contributed by atoms with van der Waals surface area (Å²) in [6.07, 6.45) is 2.67. The van der Waals surface area contributed by atoms with Crippen LogP contribution >= 0.6 is 0 Å². The Morgan fingerprint density at radius 1 is 1.07 bits per heavy atom. The Hall–Kier alpha value is -2.65. The van der Waals surface area contributed by atoms with E-state index >= 15 is 0 Å². The van der Waals surface area contributed by atoms with Crippen molar-refractivity contribution >= 4 is 30.8 Å². The van der Waals surface area contributed by atoms with Crippen LogP contribution in [0.1, 0.15) is 19.3 Å². The highest BCUT2D eigenvalue weighted by Gasteiger charge is 2.44. The lowest BCUT2D eigenvalue weighted by Crippen LogP contribution is -2.47. The average molecular weight is 606 g/mol. The number of aromatic nitrogens is 1. The minimum Gasteiger partial charge on any atom is -0.491 e. The number of rotatable bonds is 11. The predicted octanol–water partition coefficient (Wildman–Crippen LogP) is 1.34. The maximum Gasteiger partial charge on any atom is 0.243 e. The second-order valence-electron chi connectivity index (χ2n) is 10.5. The van der Waals surface area contributed by atoms with Gasteiger partial charge in [-0.15, -0.1) is 0 Å². The molecule has 1 spiro atoms. The quantitative estimate of drug-likeness (QED) is 0.292. The monoisotopic (exact) mass is 605 g/mol. The van der Waals surface area contributed by atoms with Crippen molar-refractivity contribution in [3.8, 4) is 5.75 Å². The molecule has 0 amide bonds. The highest BCUT2D eigenvalue weighted by molar-refractivity contribution is 7.91. The molecule has 0 saturated carbocycles. The summed E-state index contributed by atoms with van der Waals surface area (Å²) in [5.74, 6) is -0.0582. The number of sulfone groups is 1. The normalized spacial score (nSPS) is 20.4. The van der Waals surface area contributed by atoms with E-state index in [0.717, 1.165) is 5.39 Å². The molecule has 41 heavy (non-hydrogen) atoms. The fourth-order valence-electron chi connectivity index (χ4n) is 5.36. The van der Waals surface area contributed by atoms with Gasteiger partial charge in [-0.1, -0.05) is 18.2 Å². The van der Waals surface area contributed by atoms with Crippen molar-refractivity contribution < 1.29 is 36.5 Å². The van der Waals surface area contributed by atoms with Gasteiger partial charge >= 0.3 is 0 Å². The van der Waals surface area contributed by atoms with E-state index in [4.69, 9.17) is 14.6 Å². The number of nitrogens with zero attached hydrogens (tertiary/aromatic N) is 2. The van der Waals surface area contributed by atoms with Crippen LogP contribution in [-0.2, 0) is 24.6 Å². The summed E-state index contributed by atoms with van der Waals surface area (Å²) in [5, 5.41) is 23.6. The molecule has 3 aromatic rings. The van der Waals surface area contributed by atoms with E-state index in [1.165, 1.54) is 16.4 Å². The van der Waals surface area contributed by atoms with Crippen molar-refractivity contribution in [3.63, 3.8) is 0 Å². The highest BCUT2D eigenvalue weighted by atomic mass is 32.2. The van der Waals surface area contributed by atoms with E-state index in [-0.39, 0.29) is 34.7 Å². The molecule has 5 rings (SSSR count). The average Bonchev–Trinajstić information content (AvgIpc) is 3.37. The van der Waals surface area contributed by atoms with Gasteiger partial charge in [0.05, 0.1) is 39.9 Å². The largest absolute Gasteiger partial charge is 0.491 e. The lowest BCUT2D eigenvalue weighted by molar-refractivity contribution is -0.0312. The van der Waals surface area contributed by atoms with Crippen LogP contribution in [0.4, 0.5) is 0 Å². The van der Waals surface area contributed by atoms with Crippen LogP contribution in [0.15, 0.2) is 70.6 Å². The number of fused-ring (bicyclic) bond motifs is 1. The molecule has 3 N–H and O–H groups in total. The predicted molar refractivity (Wildman–Crippen MR) is 152 cm³/mol. The zero-order chi connectivity index (χ0) is 29.1. The first-order valence-electron chi connectivity index (χ1n) is 13.6. The Kier molecular flexibility index (Phi) is 8.95. The van der Waals surface area contributed by atoms with Crippen LogP contribution < -0.4 is 10.1 Å². The number of piperidine rings is 1. The summed E-state index contributed by atoms with van der Waals surface area (Å²) >= 11 is 0. The van der Waals surface area contributed by atoms with Crippen molar-refractivity contribution in [2.75, 3.05) is 45.2 Å². The van der Waals surface area contributed by atoms with Crippen molar-refractivity contribution in [2.24, 2.45) is 0 Å². The van der Waals surface area contributed by atoms with Gasteiger partial charge in [0.2, 0.25) is 10.0 Å². The first kappa shape index (κ1) is 29.8. The Bertz CT molecular complexity index is 1570. The molecule has 222 valence electrons. The lowest BCUT2D eigenvalue weighted by Gasteiger charge is -2.38. The number of ether oxygens (including phenoxy) is 2. The van der Waals surface area contributed by atoms with Crippen LogP contribution in [0.5, 0.6) is 5.75 Å². The SMILES string of the molecule is O=S(=O)(CCO)c1cccc(OC[C@@H](O)CN[C@H]2COC3(CCN(S(=O)(=O)c4ccc5cccnc5c4)CC3)C2)c1. The highest BCUT2D eigenvalue weighted by Crippen LogP contribution is 2.37.